The number of nitrogens with zero attached hydrogens (tertiary/aromatic N) is 2. The normalized spacial score (nSPS) is 10.8. The van der Waals surface area contributed by atoms with Crippen molar-refractivity contribution in [2.45, 2.75) is 16.7 Å². The fraction of sp³-hybridized carbons (Fsp3) is 0.0625. The number of halogens is 1. The summed E-state index contributed by atoms with van der Waals surface area (Å²) in [4.78, 5) is 2.14. The molecule has 0 fully saturated rings. The van der Waals surface area contributed by atoms with Crippen molar-refractivity contribution in [3.8, 4) is 5.69 Å². The minimum Gasteiger partial charge on any atom is -0.383 e. The van der Waals surface area contributed by atoms with Gasteiger partial charge in [-0.2, -0.15) is 5.10 Å². The number of anilines is 1. The average Bonchev–Trinajstić information content (AvgIpc) is 2.78. The summed E-state index contributed by atoms with van der Waals surface area (Å²) in [6.45, 7) is 1.98. The lowest BCUT2D eigenvalue weighted by molar-refractivity contribution is 0.872. The van der Waals surface area contributed by atoms with Gasteiger partial charge < -0.3 is 5.73 Å². The molecule has 0 bridgehead atoms. The summed E-state index contributed by atoms with van der Waals surface area (Å²) in [5.74, 6) is 0.673. The van der Waals surface area contributed by atoms with Crippen LogP contribution in [0.25, 0.3) is 5.69 Å². The molecule has 0 unspecified atom stereocenters. The van der Waals surface area contributed by atoms with E-state index >= 15 is 0 Å². The van der Waals surface area contributed by atoms with E-state index in [1.54, 1.807) is 16.4 Å². The van der Waals surface area contributed by atoms with Crippen molar-refractivity contribution >= 4 is 33.5 Å². The topological polar surface area (TPSA) is 43.8 Å². The van der Waals surface area contributed by atoms with Gasteiger partial charge in [0.15, 0.2) is 0 Å². The molecule has 0 aliphatic carbocycles. The third kappa shape index (κ3) is 2.99. The fourth-order valence-electron chi connectivity index (χ4n) is 2.04. The molecular weight excluding hydrogens is 346 g/mol. The number of para-hydroxylation sites is 1. The van der Waals surface area contributed by atoms with Crippen LogP contribution in [0.4, 0.5) is 5.82 Å². The van der Waals surface area contributed by atoms with Crippen LogP contribution in [-0.2, 0) is 0 Å². The predicted octanol–water partition coefficient (Wildman–Crippen LogP) is 4.68. The fourth-order valence-corrected chi connectivity index (χ4v) is 3.20. The Labute approximate surface area is 136 Å². The van der Waals surface area contributed by atoms with Crippen LogP contribution >= 0.6 is 27.7 Å². The highest BCUT2D eigenvalue weighted by Crippen LogP contribution is 2.36. The van der Waals surface area contributed by atoms with Crippen molar-refractivity contribution in [3.05, 3.63) is 64.8 Å². The van der Waals surface area contributed by atoms with E-state index in [0.29, 0.717) is 5.82 Å². The van der Waals surface area contributed by atoms with Crippen molar-refractivity contribution in [2.24, 2.45) is 0 Å². The van der Waals surface area contributed by atoms with Crippen LogP contribution in [-0.4, -0.2) is 9.78 Å². The first kappa shape index (κ1) is 14.2. The third-order valence-corrected chi connectivity index (χ3v) is 4.82. The molecule has 0 aliphatic rings. The number of nitrogen functional groups attached to an aromatic ring is 1. The first-order chi connectivity index (χ1) is 10.1. The number of aryl methyl sites for hydroxylation is 1. The van der Waals surface area contributed by atoms with E-state index in [2.05, 4.69) is 33.2 Å². The van der Waals surface area contributed by atoms with Gasteiger partial charge in [-0.3, -0.25) is 0 Å². The van der Waals surface area contributed by atoms with Gasteiger partial charge in [0.25, 0.3) is 0 Å². The number of aromatic nitrogens is 2. The molecule has 106 valence electrons. The van der Waals surface area contributed by atoms with Crippen molar-refractivity contribution in [2.75, 3.05) is 5.73 Å². The minimum atomic E-state index is 0.673. The first-order valence-electron chi connectivity index (χ1n) is 6.49. The Morgan fingerprint density at radius 2 is 1.71 bits per heavy atom. The quantitative estimate of drug-likeness (QED) is 0.738. The van der Waals surface area contributed by atoms with Gasteiger partial charge in [-0.25, -0.2) is 4.68 Å². The molecule has 0 atom stereocenters. The Hall–Kier alpha value is -1.72. The van der Waals surface area contributed by atoms with Gasteiger partial charge in [0.05, 0.1) is 16.3 Å². The maximum Gasteiger partial charge on any atom is 0.141 e. The second-order valence-electron chi connectivity index (χ2n) is 4.60. The van der Waals surface area contributed by atoms with Crippen LogP contribution in [0.1, 0.15) is 5.69 Å². The number of rotatable bonds is 3. The average molecular weight is 360 g/mol. The Morgan fingerprint density at radius 3 is 2.38 bits per heavy atom. The highest BCUT2D eigenvalue weighted by atomic mass is 79.9. The largest absolute Gasteiger partial charge is 0.383 e. The van der Waals surface area contributed by atoms with Gasteiger partial charge >= 0.3 is 0 Å². The molecule has 21 heavy (non-hydrogen) atoms. The van der Waals surface area contributed by atoms with Crippen LogP contribution in [0.5, 0.6) is 0 Å². The van der Waals surface area contributed by atoms with Crippen LogP contribution < -0.4 is 5.73 Å². The summed E-state index contributed by atoms with van der Waals surface area (Å²) in [7, 11) is 0. The van der Waals surface area contributed by atoms with Crippen molar-refractivity contribution < 1.29 is 0 Å². The predicted molar refractivity (Wildman–Crippen MR) is 91.0 cm³/mol. The lowest BCUT2D eigenvalue weighted by atomic mass is 10.3. The number of hydrogen-bond donors (Lipinski definition) is 1. The maximum atomic E-state index is 6.28. The SMILES string of the molecule is Cc1nn(-c2ccccc2)c(N)c1Sc1ccc(Br)cc1. The van der Waals surface area contributed by atoms with E-state index in [1.807, 2.05) is 49.4 Å². The Bertz CT molecular complexity index is 751. The Morgan fingerprint density at radius 1 is 1.05 bits per heavy atom. The number of benzene rings is 2. The summed E-state index contributed by atoms with van der Waals surface area (Å²) in [5, 5.41) is 4.56. The molecule has 2 N–H and O–H groups in total. The molecule has 0 saturated carbocycles. The molecule has 0 saturated heterocycles. The molecule has 3 nitrogen and oxygen atoms in total. The van der Waals surface area contributed by atoms with E-state index in [4.69, 9.17) is 5.73 Å². The smallest absolute Gasteiger partial charge is 0.141 e. The Balaban J connectivity index is 1.97. The van der Waals surface area contributed by atoms with Gasteiger partial charge in [-0.15, -0.1) is 0 Å². The first-order valence-corrected chi connectivity index (χ1v) is 8.10. The lowest BCUT2D eigenvalue weighted by Crippen LogP contribution is -2.01. The molecule has 1 heterocycles. The van der Waals surface area contributed by atoms with E-state index in [-0.39, 0.29) is 0 Å². The van der Waals surface area contributed by atoms with E-state index in [0.717, 1.165) is 25.6 Å². The van der Waals surface area contributed by atoms with Gasteiger partial charge in [0, 0.05) is 9.37 Å². The zero-order valence-corrected chi connectivity index (χ0v) is 13.9. The van der Waals surface area contributed by atoms with E-state index in [9.17, 15) is 0 Å². The van der Waals surface area contributed by atoms with Crippen molar-refractivity contribution in [1.82, 2.24) is 9.78 Å². The van der Waals surface area contributed by atoms with Gasteiger partial charge in [-0.1, -0.05) is 45.9 Å². The molecular formula is C16H14BrN3S. The highest BCUT2D eigenvalue weighted by molar-refractivity contribution is 9.10. The summed E-state index contributed by atoms with van der Waals surface area (Å²) in [5.41, 5.74) is 8.19. The molecule has 0 amide bonds. The van der Waals surface area contributed by atoms with Crippen LogP contribution in [0, 0.1) is 6.92 Å². The van der Waals surface area contributed by atoms with E-state index < -0.39 is 0 Å². The molecule has 0 aliphatic heterocycles. The second kappa shape index (κ2) is 5.95. The number of nitrogens with two attached hydrogens (primary N) is 1. The lowest BCUT2D eigenvalue weighted by Gasteiger charge is -2.05. The highest BCUT2D eigenvalue weighted by Gasteiger charge is 2.14. The van der Waals surface area contributed by atoms with Crippen molar-refractivity contribution in [3.63, 3.8) is 0 Å². The molecule has 5 heteroatoms. The van der Waals surface area contributed by atoms with Gasteiger partial charge in [0.1, 0.15) is 5.82 Å². The minimum absolute atomic E-state index is 0.673. The van der Waals surface area contributed by atoms with Gasteiger partial charge in [-0.05, 0) is 43.3 Å². The third-order valence-electron chi connectivity index (χ3n) is 3.07. The summed E-state index contributed by atoms with van der Waals surface area (Å²) in [6, 6.07) is 18.1. The van der Waals surface area contributed by atoms with Crippen LogP contribution in [0.3, 0.4) is 0 Å². The summed E-state index contributed by atoms with van der Waals surface area (Å²) >= 11 is 5.08. The zero-order valence-electron chi connectivity index (χ0n) is 11.5. The van der Waals surface area contributed by atoms with Crippen LogP contribution in [0.2, 0.25) is 0 Å². The van der Waals surface area contributed by atoms with Gasteiger partial charge in [0.2, 0.25) is 0 Å². The molecule has 3 aromatic rings. The monoisotopic (exact) mass is 359 g/mol. The summed E-state index contributed by atoms with van der Waals surface area (Å²) < 4.78 is 2.85. The molecule has 0 spiro atoms. The molecule has 1 aromatic heterocycles. The molecule has 3 rings (SSSR count). The molecule has 0 radical (unpaired) electrons. The maximum absolute atomic E-state index is 6.28. The molecule has 2 aromatic carbocycles. The van der Waals surface area contributed by atoms with E-state index in [1.165, 1.54) is 0 Å². The Kier molecular flexibility index (Phi) is 4.03. The summed E-state index contributed by atoms with van der Waals surface area (Å²) in [6.07, 6.45) is 0. The standard InChI is InChI=1S/C16H14BrN3S/c1-11-15(21-14-9-7-12(17)8-10-14)16(18)20(19-11)13-5-3-2-4-6-13/h2-10H,18H2,1H3. The van der Waals surface area contributed by atoms with Crippen LogP contribution in [0.15, 0.2) is 68.9 Å². The number of hydrogen-bond acceptors (Lipinski definition) is 3. The van der Waals surface area contributed by atoms with Crippen molar-refractivity contribution in [1.29, 1.82) is 0 Å². The second-order valence-corrected chi connectivity index (χ2v) is 6.60. The zero-order chi connectivity index (χ0) is 14.8.